The highest BCUT2D eigenvalue weighted by atomic mass is 16.4. The van der Waals surface area contributed by atoms with Gasteiger partial charge in [0.2, 0.25) is 0 Å². The molecule has 100 valence electrons. The van der Waals surface area contributed by atoms with Crippen molar-refractivity contribution in [1.29, 1.82) is 0 Å². The summed E-state index contributed by atoms with van der Waals surface area (Å²) in [5, 5.41) is 17.0. The largest absolute Gasteiger partial charge is 0.476 e. The van der Waals surface area contributed by atoms with E-state index in [2.05, 4.69) is 22.4 Å². The third kappa shape index (κ3) is 2.50. The van der Waals surface area contributed by atoms with Gasteiger partial charge < -0.3 is 5.11 Å². The van der Waals surface area contributed by atoms with Crippen LogP contribution in [0.25, 0.3) is 0 Å². The van der Waals surface area contributed by atoms with Crippen LogP contribution in [-0.2, 0) is 6.54 Å². The lowest BCUT2D eigenvalue weighted by Gasteiger charge is -2.12. The van der Waals surface area contributed by atoms with Gasteiger partial charge in [-0.2, -0.15) is 0 Å². The molecule has 0 bridgehead atoms. The highest BCUT2D eigenvalue weighted by Crippen LogP contribution is 2.18. The fraction of sp³-hybridized carbons (Fsp3) is 0.357. The average Bonchev–Trinajstić information content (AvgIpc) is 2.64. The number of hydrogen-bond acceptors (Lipinski definition) is 3. The Morgan fingerprint density at radius 2 is 1.79 bits per heavy atom. The van der Waals surface area contributed by atoms with Crippen molar-refractivity contribution in [3.05, 3.63) is 45.8 Å². The molecule has 0 amide bonds. The Hall–Kier alpha value is -2.17. The quantitative estimate of drug-likeness (QED) is 0.918. The SMILES string of the molecule is Cc1cc(C)c(Cn2nnc(C)c2C(=O)O)c(C)c1. The number of aryl methyl sites for hydroxylation is 4. The maximum atomic E-state index is 11.2. The van der Waals surface area contributed by atoms with Crippen LogP contribution in [0.1, 0.15) is 38.4 Å². The minimum absolute atomic E-state index is 0.152. The van der Waals surface area contributed by atoms with Gasteiger partial charge in [-0.05, 0) is 44.4 Å². The van der Waals surface area contributed by atoms with Gasteiger partial charge in [-0.15, -0.1) is 5.10 Å². The molecule has 5 heteroatoms. The summed E-state index contributed by atoms with van der Waals surface area (Å²) >= 11 is 0. The summed E-state index contributed by atoms with van der Waals surface area (Å²) in [6.45, 7) is 8.19. The van der Waals surface area contributed by atoms with E-state index in [1.54, 1.807) is 6.92 Å². The molecular formula is C14H17N3O2. The first-order chi connectivity index (χ1) is 8.90. The molecule has 2 aromatic rings. The van der Waals surface area contributed by atoms with Crippen molar-refractivity contribution in [1.82, 2.24) is 15.0 Å². The number of carboxylic acids is 1. The third-order valence-corrected chi connectivity index (χ3v) is 3.25. The van der Waals surface area contributed by atoms with Crippen molar-refractivity contribution < 1.29 is 9.90 Å². The maximum Gasteiger partial charge on any atom is 0.356 e. The van der Waals surface area contributed by atoms with E-state index in [0.29, 0.717) is 12.2 Å². The third-order valence-electron chi connectivity index (χ3n) is 3.25. The molecule has 0 saturated carbocycles. The number of hydrogen-bond donors (Lipinski definition) is 1. The van der Waals surface area contributed by atoms with Gasteiger partial charge in [0.05, 0.1) is 12.2 Å². The molecule has 2 rings (SSSR count). The van der Waals surface area contributed by atoms with Crippen LogP contribution in [0.4, 0.5) is 0 Å². The van der Waals surface area contributed by atoms with Crippen molar-refractivity contribution in [3.8, 4) is 0 Å². The normalized spacial score (nSPS) is 10.7. The molecule has 0 saturated heterocycles. The van der Waals surface area contributed by atoms with Crippen molar-refractivity contribution in [3.63, 3.8) is 0 Å². The van der Waals surface area contributed by atoms with Crippen molar-refractivity contribution in [2.75, 3.05) is 0 Å². The minimum atomic E-state index is -0.995. The highest BCUT2D eigenvalue weighted by molar-refractivity contribution is 5.86. The molecule has 0 radical (unpaired) electrons. The fourth-order valence-electron chi connectivity index (χ4n) is 2.38. The van der Waals surface area contributed by atoms with E-state index in [9.17, 15) is 9.90 Å². The number of carbonyl (C=O) groups is 1. The number of rotatable bonds is 3. The lowest BCUT2D eigenvalue weighted by molar-refractivity contribution is 0.0683. The molecule has 1 heterocycles. The molecule has 0 fully saturated rings. The highest BCUT2D eigenvalue weighted by Gasteiger charge is 2.17. The Labute approximate surface area is 111 Å². The number of aromatic carboxylic acids is 1. The van der Waals surface area contributed by atoms with Gasteiger partial charge in [-0.25, -0.2) is 9.48 Å². The molecule has 0 aliphatic carbocycles. The second kappa shape index (κ2) is 4.84. The van der Waals surface area contributed by atoms with E-state index in [4.69, 9.17) is 0 Å². The predicted octanol–water partition coefficient (Wildman–Crippen LogP) is 2.26. The van der Waals surface area contributed by atoms with E-state index >= 15 is 0 Å². The topological polar surface area (TPSA) is 68.0 Å². The maximum absolute atomic E-state index is 11.2. The molecule has 5 nitrogen and oxygen atoms in total. The molecule has 1 N–H and O–H groups in total. The number of carboxylic acid groups (broad SMARTS) is 1. The first kappa shape index (κ1) is 13.3. The van der Waals surface area contributed by atoms with Gasteiger partial charge in [-0.3, -0.25) is 0 Å². The number of nitrogens with zero attached hydrogens (tertiary/aromatic N) is 3. The standard InChI is InChI=1S/C14H17N3O2/c1-8-5-9(2)12(10(3)6-8)7-17-13(14(18)19)11(4)15-16-17/h5-6H,7H2,1-4H3,(H,18,19). The summed E-state index contributed by atoms with van der Waals surface area (Å²) in [7, 11) is 0. The first-order valence-electron chi connectivity index (χ1n) is 6.10. The van der Waals surface area contributed by atoms with E-state index < -0.39 is 5.97 Å². The Balaban J connectivity index is 2.45. The molecule has 0 unspecified atom stereocenters. The molecule has 0 atom stereocenters. The van der Waals surface area contributed by atoms with Crippen LogP contribution in [0.3, 0.4) is 0 Å². The zero-order chi connectivity index (χ0) is 14.2. The Bertz CT molecular complexity index is 621. The summed E-state index contributed by atoms with van der Waals surface area (Å²) < 4.78 is 1.45. The summed E-state index contributed by atoms with van der Waals surface area (Å²) in [6.07, 6.45) is 0. The lowest BCUT2D eigenvalue weighted by atomic mass is 10.00. The van der Waals surface area contributed by atoms with Gasteiger partial charge >= 0.3 is 5.97 Å². The summed E-state index contributed by atoms with van der Waals surface area (Å²) in [5.74, 6) is -0.995. The van der Waals surface area contributed by atoms with Gasteiger partial charge in [0.25, 0.3) is 0 Å². The zero-order valence-electron chi connectivity index (χ0n) is 11.6. The van der Waals surface area contributed by atoms with Crippen LogP contribution < -0.4 is 0 Å². The number of benzene rings is 1. The molecule has 0 aliphatic heterocycles. The Morgan fingerprint density at radius 3 is 2.32 bits per heavy atom. The summed E-state index contributed by atoms with van der Waals surface area (Å²) in [6, 6.07) is 4.18. The van der Waals surface area contributed by atoms with Crippen LogP contribution in [0.5, 0.6) is 0 Å². The van der Waals surface area contributed by atoms with E-state index in [-0.39, 0.29) is 5.69 Å². The molecule has 0 aliphatic rings. The predicted molar refractivity (Wildman–Crippen MR) is 71.5 cm³/mol. The van der Waals surface area contributed by atoms with Crippen molar-refractivity contribution in [2.24, 2.45) is 0 Å². The van der Waals surface area contributed by atoms with E-state index in [1.807, 2.05) is 20.8 Å². The van der Waals surface area contributed by atoms with Gasteiger partial charge in [0.15, 0.2) is 5.69 Å². The minimum Gasteiger partial charge on any atom is -0.476 e. The molecule has 1 aromatic carbocycles. The molecule has 0 spiro atoms. The van der Waals surface area contributed by atoms with Crippen LogP contribution in [0, 0.1) is 27.7 Å². The Morgan fingerprint density at radius 1 is 1.21 bits per heavy atom. The van der Waals surface area contributed by atoms with E-state index in [1.165, 1.54) is 10.2 Å². The van der Waals surface area contributed by atoms with Gasteiger partial charge in [0, 0.05) is 0 Å². The summed E-state index contributed by atoms with van der Waals surface area (Å²) in [5.41, 5.74) is 5.17. The fourth-order valence-corrected chi connectivity index (χ4v) is 2.38. The summed E-state index contributed by atoms with van der Waals surface area (Å²) in [4.78, 5) is 11.2. The number of aromatic nitrogens is 3. The first-order valence-corrected chi connectivity index (χ1v) is 6.10. The van der Waals surface area contributed by atoms with E-state index in [0.717, 1.165) is 16.7 Å². The van der Waals surface area contributed by atoms with Crippen LogP contribution in [-0.4, -0.2) is 26.1 Å². The van der Waals surface area contributed by atoms with Crippen LogP contribution >= 0.6 is 0 Å². The molecule has 19 heavy (non-hydrogen) atoms. The van der Waals surface area contributed by atoms with Crippen molar-refractivity contribution >= 4 is 5.97 Å². The Kier molecular flexibility index (Phi) is 3.38. The second-order valence-corrected chi connectivity index (χ2v) is 4.86. The second-order valence-electron chi connectivity index (χ2n) is 4.86. The lowest BCUT2D eigenvalue weighted by Crippen LogP contribution is -2.13. The van der Waals surface area contributed by atoms with Crippen LogP contribution in [0.2, 0.25) is 0 Å². The zero-order valence-corrected chi connectivity index (χ0v) is 11.6. The monoisotopic (exact) mass is 259 g/mol. The molecular weight excluding hydrogens is 242 g/mol. The molecule has 1 aromatic heterocycles. The van der Waals surface area contributed by atoms with Gasteiger partial charge in [-0.1, -0.05) is 22.9 Å². The van der Waals surface area contributed by atoms with Crippen LogP contribution in [0.15, 0.2) is 12.1 Å². The smallest absolute Gasteiger partial charge is 0.356 e. The van der Waals surface area contributed by atoms with Gasteiger partial charge in [0.1, 0.15) is 0 Å². The van der Waals surface area contributed by atoms with Crippen molar-refractivity contribution in [2.45, 2.75) is 34.2 Å². The average molecular weight is 259 g/mol.